The minimum Gasteiger partial charge on any atom is -0.359 e. The van der Waals surface area contributed by atoms with Crippen LogP contribution >= 0.6 is 23.2 Å². The van der Waals surface area contributed by atoms with Crippen LogP contribution in [0.2, 0.25) is 10.0 Å². The Hall–Kier alpha value is -1.66. The van der Waals surface area contributed by atoms with Crippen LogP contribution in [0.1, 0.15) is 6.92 Å². The molecule has 1 aliphatic heterocycles. The number of rotatable bonds is 4. The quantitative estimate of drug-likeness (QED) is 0.505. The number of aromatic nitrogens is 1. The number of primary sulfonamides is 1. The van der Waals surface area contributed by atoms with Gasteiger partial charge in [0.25, 0.3) is 0 Å². The summed E-state index contributed by atoms with van der Waals surface area (Å²) in [5, 5.41) is 9.83. The molecule has 0 spiro atoms. The third kappa shape index (κ3) is 3.97. The van der Waals surface area contributed by atoms with Crippen molar-refractivity contribution >= 4 is 54.2 Å². The number of piperazine rings is 1. The summed E-state index contributed by atoms with van der Waals surface area (Å²) >= 11 is 12.5. The smallest absolute Gasteiger partial charge is 0.243 e. The van der Waals surface area contributed by atoms with Crippen molar-refractivity contribution in [2.24, 2.45) is 5.14 Å². The van der Waals surface area contributed by atoms with E-state index in [9.17, 15) is 16.8 Å². The van der Waals surface area contributed by atoms with Gasteiger partial charge in [0.15, 0.2) is 0 Å². The summed E-state index contributed by atoms with van der Waals surface area (Å²) in [6.07, 6.45) is 1.53. The number of nitrogens with one attached hydrogen (secondary N) is 2. The van der Waals surface area contributed by atoms with Crippen LogP contribution in [0.5, 0.6) is 0 Å². The number of sulfonamides is 2. The maximum absolute atomic E-state index is 13.3. The lowest BCUT2D eigenvalue weighted by Crippen LogP contribution is -2.52. The Morgan fingerprint density at radius 3 is 2.48 bits per heavy atom. The molecule has 2 aromatic carbocycles. The van der Waals surface area contributed by atoms with E-state index in [2.05, 4.69) is 10.3 Å². The number of nitrogens with zero attached hydrogens (tertiary/aromatic N) is 1. The van der Waals surface area contributed by atoms with Crippen molar-refractivity contribution in [1.29, 1.82) is 0 Å². The number of hydrogen-bond acceptors (Lipinski definition) is 5. The predicted molar refractivity (Wildman–Crippen MR) is 121 cm³/mol. The van der Waals surface area contributed by atoms with Crippen molar-refractivity contribution in [3.8, 4) is 11.1 Å². The Morgan fingerprint density at radius 1 is 1.06 bits per heavy atom. The first kappa shape index (κ1) is 22.5. The van der Waals surface area contributed by atoms with Gasteiger partial charge in [-0.1, -0.05) is 29.3 Å². The molecule has 8 nitrogen and oxygen atoms in total. The highest BCUT2D eigenvalue weighted by molar-refractivity contribution is 7.89. The average Bonchev–Trinajstić information content (AvgIpc) is 3.10. The zero-order valence-corrected chi connectivity index (χ0v) is 19.5. The van der Waals surface area contributed by atoms with Crippen LogP contribution in [0.3, 0.4) is 0 Å². The lowest BCUT2D eigenvalue weighted by molar-refractivity contribution is 0.284. The summed E-state index contributed by atoms with van der Waals surface area (Å²) in [7, 11) is -8.01. The van der Waals surface area contributed by atoms with Gasteiger partial charge in [-0.25, -0.2) is 22.0 Å². The molecule has 1 aromatic heterocycles. The van der Waals surface area contributed by atoms with Gasteiger partial charge in [0, 0.05) is 48.4 Å². The molecule has 0 radical (unpaired) electrons. The largest absolute Gasteiger partial charge is 0.359 e. The van der Waals surface area contributed by atoms with E-state index in [1.54, 1.807) is 12.1 Å². The van der Waals surface area contributed by atoms with Crippen molar-refractivity contribution < 1.29 is 16.8 Å². The number of halogens is 2. The normalized spacial score (nSPS) is 18.5. The van der Waals surface area contributed by atoms with Gasteiger partial charge in [-0.2, -0.15) is 4.31 Å². The first-order chi connectivity index (χ1) is 14.5. The third-order valence-corrected chi connectivity index (χ3v) is 8.92. The molecule has 4 rings (SSSR count). The van der Waals surface area contributed by atoms with E-state index in [1.165, 1.54) is 28.7 Å². The van der Waals surface area contributed by atoms with Crippen molar-refractivity contribution in [2.45, 2.75) is 22.8 Å². The van der Waals surface area contributed by atoms with E-state index in [-0.39, 0.29) is 21.4 Å². The van der Waals surface area contributed by atoms with E-state index in [0.717, 1.165) is 0 Å². The molecular formula is C19H20Cl2N4O4S2. The van der Waals surface area contributed by atoms with Gasteiger partial charge in [0.2, 0.25) is 20.0 Å². The van der Waals surface area contributed by atoms with Crippen LogP contribution in [-0.2, 0) is 20.0 Å². The van der Waals surface area contributed by atoms with E-state index in [0.29, 0.717) is 46.1 Å². The fraction of sp³-hybridized carbons (Fsp3) is 0.263. The lowest BCUT2D eigenvalue weighted by Gasteiger charge is -2.33. The molecule has 0 amide bonds. The van der Waals surface area contributed by atoms with Crippen molar-refractivity contribution in [1.82, 2.24) is 14.6 Å². The van der Waals surface area contributed by atoms with Gasteiger partial charge >= 0.3 is 0 Å². The zero-order chi connectivity index (χ0) is 22.6. The Labute approximate surface area is 190 Å². The predicted octanol–water partition coefficient (Wildman–Crippen LogP) is 2.77. The lowest BCUT2D eigenvalue weighted by atomic mass is 10.0. The number of nitrogens with two attached hydrogens (primary N) is 1. The molecule has 1 aliphatic rings. The summed E-state index contributed by atoms with van der Waals surface area (Å²) in [5.74, 6) is 0. The molecule has 4 N–H and O–H groups in total. The highest BCUT2D eigenvalue weighted by atomic mass is 35.5. The van der Waals surface area contributed by atoms with Gasteiger partial charge < -0.3 is 10.3 Å². The van der Waals surface area contributed by atoms with Gasteiger partial charge in [-0.3, -0.25) is 0 Å². The standard InChI is InChI=1S/C19H20Cl2N4O4S2/c1-11-9-23-6-7-25(11)31(28,29)12-2-5-17(30(22,26)27)14(8-12)13-3-4-15(20)18-16(21)10-24-19(13)18/h2-5,8,10-11,23-24H,6-7,9H2,1H3,(H2,22,26,27). The highest BCUT2D eigenvalue weighted by Crippen LogP contribution is 2.39. The minimum atomic E-state index is -4.15. The van der Waals surface area contributed by atoms with E-state index < -0.39 is 20.0 Å². The summed E-state index contributed by atoms with van der Waals surface area (Å²) in [6, 6.07) is 6.75. The molecule has 3 aromatic rings. The molecule has 12 heteroatoms. The molecule has 1 fully saturated rings. The molecule has 0 saturated carbocycles. The Balaban J connectivity index is 1.97. The summed E-state index contributed by atoms with van der Waals surface area (Å²) in [6.45, 7) is 3.19. The molecule has 1 unspecified atom stereocenters. The molecule has 0 bridgehead atoms. The number of benzene rings is 2. The molecule has 31 heavy (non-hydrogen) atoms. The van der Waals surface area contributed by atoms with Crippen LogP contribution < -0.4 is 10.5 Å². The van der Waals surface area contributed by atoms with Crippen molar-refractivity contribution in [3.05, 3.63) is 46.6 Å². The highest BCUT2D eigenvalue weighted by Gasteiger charge is 2.32. The van der Waals surface area contributed by atoms with Gasteiger partial charge in [0.05, 0.1) is 25.4 Å². The molecule has 2 heterocycles. The van der Waals surface area contributed by atoms with Crippen molar-refractivity contribution in [2.75, 3.05) is 19.6 Å². The second-order valence-corrected chi connectivity index (χ2v) is 11.6. The second kappa shape index (κ2) is 8.04. The number of fused-ring (bicyclic) bond motifs is 1. The van der Waals surface area contributed by atoms with Crippen LogP contribution in [0, 0.1) is 0 Å². The minimum absolute atomic E-state index is 0.0237. The average molecular weight is 503 g/mol. The van der Waals surface area contributed by atoms with Gasteiger partial charge in [-0.05, 0) is 31.2 Å². The van der Waals surface area contributed by atoms with Crippen LogP contribution in [0.25, 0.3) is 22.0 Å². The number of H-pyrrole nitrogens is 1. The third-order valence-electron chi connectivity index (χ3n) is 5.33. The first-order valence-corrected chi connectivity index (χ1v) is 13.1. The van der Waals surface area contributed by atoms with Crippen molar-refractivity contribution in [3.63, 3.8) is 0 Å². The first-order valence-electron chi connectivity index (χ1n) is 9.36. The number of aromatic amines is 1. The Morgan fingerprint density at radius 2 is 1.81 bits per heavy atom. The fourth-order valence-corrected chi connectivity index (χ4v) is 6.78. The molecule has 0 aliphatic carbocycles. The van der Waals surface area contributed by atoms with E-state index in [1.807, 2.05) is 6.92 Å². The second-order valence-electron chi connectivity index (χ2n) is 7.35. The fourth-order valence-electron chi connectivity index (χ4n) is 3.84. The summed E-state index contributed by atoms with van der Waals surface area (Å²) in [5.41, 5.74) is 1.04. The Kier molecular flexibility index (Phi) is 5.84. The van der Waals surface area contributed by atoms with Crippen LogP contribution in [0.4, 0.5) is 0 Å². The van der Waals surface area contributed by atoms with E-state index >= 15 is 0 Å². The zero-order valence-electron chi connectivity index (χ0n) is 16.4. The molecule has 166 valence electrons. The SMILES string of the molecule is CC1CNCCN1S(=O)(=O)c1ccc(S(N)(=O)=O)c(-c2ccc(Cl)c3c(Cl)c[nH]c23)c1. The Bertz CT molecular complexity index is 1390. The van der Waals surface area contributed by atoms with Gasteiger partial charge in [-0.15, -0.1) is 0 Å². The molecule has 1 saturated heterocycles. The summed E-state index contributed by atoms with van der Waals surface area (Å²) in [4.78, 5) is 2.76. The molecule has 1 atom stereocenters. The topological polar surface area (TPSA) is 125 Å². The maximum atomic E-state index is 13.3. The van der Waals surface area contributed by atoms with Crippen LogP contribution in [0.15, 0.2) is 46.3 Å². The van der Waals surface area contributed by atoms with Gasteiger partial charge in [0.1, 0.15) is 0 Å². The number of hydrogen-bond donors (Lipinski definition) is 3. The summed E-state index contributed by atoms with van der Waals surface area (Å²) < 4.78 is 52.7. The van der Waals surface area contributed by atoms with E-state index in [4.69, 9.17) is 28.3 Å². The van der Waals surface area contributed by atoms with Crippen LogP contribution in [-0.4, -0.2) is 51.8 Å². The maximum Gasteiger partial charge on any atom is 0.243 e. The molecular weight excluding hydrogens is 483 g/mol. The monoisotopic (exact) mass is 502 g/mol.